The Labute approximate surface area is 174 Å². The Morgan fingerprint density at radius 3 is 2.52 bits per heavy atom. The van der Waals surface area contributed by atoms with Crippen molar-refractivity contribution in [1.82, 2.24) is 9.71 Å². The molecule has 2 N–H and O–H groups in total. The molecule has 1 saturated carbocycles. The summed E-state index contributed by atoms with van der Waals surface area (Å²) in [5.74, 6) is -0.563. The van der Waals surface area contributed by atoms with Crippen LogP contribution in [0.15, 0.2) is 59.6 Å². The Kier molecular flexibility index (Phi) is 5.72. The summed E-state index contributed by atoms with van der Waals surface area (Å²) in [6.45, 7) is 0. The van der Waals surface area contributed by atoms with Crippen molar-refractivity contribution in [2.24, 2.45) is 0 Å². The molecule has 0 aliphatic heterocycles. The van der Waals surface area contributed by atoms with E-state index in [9.17, 15) is 12.8 Å². The summed E-state index contributed by atoms with van der Waals surface area (Å²) in [5.41, 5.74) is 1.83. The summed E-state index contributed by atoms with van der Waals surface area (Å²) in [6.07, 6.45) is 4.82. The zero-order chi connectivity index (χ0) is 20.4. The lowest BCUT2D eigenvalue weighted by Crippen LogP contribution is -2.40. The molecule has 29 heavy (non-hydrogen) atoms. The number of aromatic nitrogens is 1. The number of halogens is 2. The maximum absolute atomic E-state index is 13.4. The van der Waals surface area contributed by atoms with Gasteiger partial charge in [-0.05, 0) is 68.1 Å². The lowest BCUT2D eigenvalue weighted by molar-refractivity contribution is 0.387. The predicted molar refractivity (Wildman–Crippen MR) is 113 cm³/mol. The molecule has 2 aromatic carbocycles. The first-order chi connectivity index (χ1) is 13.9. The van der Waals surface area contributed by atoms with E-state index in [1.54, 1.807) is 6.20 Å². The van der Waals surface area contributed by atoms with Gasteiger partial charge in [-0.3, -0.25) is 4.98 Å². The molecule has 1 aliphatic carbocycles. The number of nitrogens with one attached hydrogen (secondary N) is 2. The van der Waals surface area contributed by atoms with E-state index in [1.807, 2.05) is 24.3 Å². The maximum Gasteiger partial charge on any atom is 0.240 e. The third-order valence-electron chi connectivity index (χ3n) is 5.22. The van der Waals surface area contributed by atoms with Gasteiger partial charge in [0.25, 0.3) is 0 Å². The van der Waals surface area contributed by atoms with Crippen LogP contribution in [-0.2, 0) is 10.0 Å². The molecular formula is C21H21ClFN3O2S. The second-order valence-electron chi connectivity index (χ2n) is 7.29. The van der Waals surface area contributed by atoms with E-state index in [4.69, 9.17) is 11.6 Å². The van der Waals surface area contributed by atoms with Crippen molar-refractivity contribution in [3.8, 4) is 0 Å². The van der Waals surface area contributed by atoms with Crippen LogP contribution in [0, 0.1) is 5.82 Å². The van der Waals surface area contributed by atoms with Crippen LogP contribution in [0.4, 0.5) is 10.1 Å². The van der Waals surface area contributed by atoms with Gasteiger partial charge in [-0.15, -0.1) is 0 Å². The fraction of sp³-hybridized carbons (Fsp3) is 0.286. The van der Waals surface area contributed by atoms with Gasteiger partial charge in [-0.25, -0.2) is 17.5 Å². The molecule has 0 radical (unpaired) electrons. The van der Waals surface area contributed by atoms with Crippen molar-refractivity contribution in [2.75, 3.05) is 5.32 Å². The molecule has 0 bridgehead atoms. The Balaban J connectivity index is 1.39. The molecule has 0 spiro atoms. The van der Waals surface area contributed by atoms with Crippen LogP contribution in [0.1, 0.15) is 25.7 Å². The number of benzene rings is 2. The number of sulfonamides is 1. The number of rotatable bonds is 5. The molecule has 1 aliphatic rings. The van der Waals surface area contributed by atoms with Gasteiger partial charge >= 0.3 is 0 Å². The highest BCUT2D eigenvalue weighted by atomic mass is 35.5. The highest BCUT2D eigenvalue weighted by Crippen LogP contribution is 2.28. The number of hydrogen-bond acceptors (Lipinski definition) is 4. The highest BCUT2D eigenvalue weighted by Gasteiger charge is 2.26. The summed E-state index contributed by atoms with van der Waals surface area (Å²) in [4.78, 5) is 4.31. The minimum atomic E-state index is -3.72. The molecule has 0 unspecified atom stereocenters. The van der Waals surface area contributed by atoms with Gasteiger partial charge in [0.15, 0.2) is 0 Å². The van der Waals surface area contributed by atoms with Gasteiger partial charge in [0.1, 0.15) is 5.82 Å². The number of fused-ring (bicyclic) bond motifs is 1. The molecule has 1 fully saturated rings. The van der Waals surface area contributed by atoms with Crippen LogP contribution in [0.25, 0.3) is 10.9 Å². The fourth-order valence-corrected chi connectivity index (χ4v) is 5.25. The number of hydrogen-bond donors (Lipinski definition) is 2. The largest absolute Gasteiger partial charge is 0.382 e. The predicted octanol–water partition coefficient (Wildman–Crippen LogP) is 4.73. The van der Waals surface area contributed by atoms with Crippen molar-refractivity contribution in [3.05, 3.63) is 65.6 Å². The topological polar surface area (TPSA) is 71.1 Å². The second-order valence-corrected chi connectivity index (χ2v) is 9.44. The molecule has 1 heterocycles. The van der Waals surface area contributed by atoms with E-state index in [2.05, 4.69) is 15.0 Å². The first-order valence-corrected chi connectivity index (χ1v) is 11.4. The third kappa shape index (κ3) is 4.69. The van der Waals surface area contributed by atoms with Gasteiger partial charge in [0.2, 0.25) is 10.0 Å². The van der Waals surface area contributed by atoms with Gasteiger partial charge in [-0.1, -0.05) is 17.7 Å². The third-order valence-corrected chi connectivity index (χ3v) is 6.97. The molecule has 4 rings (SSSR count). The summed E-state index contributed by atoms with van der Waals surface area (Å²) in [5, 5.41) is 5.21. The van der Waals surface area contributed by atoms with Crippen LogP contribution >= 0.6 is 11.6 Å². The van der Waals surface area contributed by atoms with E-state index in [-0.39, 0.29) is 17.0 Å². The molecule has 5 nitrogen and oxygen atoms in total. The van der Waals surface area contributed by atoms with Gasteiger partial charge < -0.3 is 5.32 Å². The van der Waals surface area contributed by atoms with Gasteiger partial charge in [-0.2, -0.15) is 0 Å². The van der Waals surface area contributed by atoms with Crippen molar-refractivity contribution >= 4 is 38.2 Å². The Hall–Kier alpha value is -2.22. The molecular weight excluding hydrogens is 413 g/mol. The number of nitrogens with zero attached hydrogens (tertiary/aromatic N) is 1. The average Bonchev–Trinajstić information content (AvgIpc) is 2.69. The Morgan fingerprint density at radius 1 is 1.00 bits per heavy atom. The van der Waals surface area contributed by atoms with E-state index in [1.165, 1.54) is 18.2 Å². The second kappa shape index (κ2) is 8.26. The number of anilines is 1. The molecule has 0 amide bonds. The van der Waals surface area contributed by atoms with E-state index in [0.717, 1.165) is 35.5 Å². The molecule has 3 aromatic rings. The first-order valence-electron chi connectivity index (χ1n) is 9.49. The SMILES string of the molecule is O=S(=O)(NC1CCC(Nc2ccnc3cc(Cl)ccc23)CC1)c1cccc(F)c1. The quantitative estimate of drug-likeness (QED) is 0.610. The molecule has 0 saturated heterocycles. The van der Waals surface area contributed by atoms with E-state index in [0.29, 0.717) is 17.9 Å². The maximum atomic E-state index is 13.4. The minimum absolute atomic E-state index is 0.0420. The van der Waals surface area contributed by atoms with Crippen LogP contribution in [0.2, 0.25) is 5.02 Å². The first kappa shape index (κ1) is 20.1. The molecule has 0 atom stereocenters. The van der Waals surface area contributed by atoms with Crippen LogP contribution in [0.5, 0.6) is 0 Å². The van der Waals surface area contributed by atoms with Gasteiger partial charge in [0, 0.05) is 34.4 Å². The summed E-state index contributed by atoms with van der Waals surface area (Å²) >= 11 is 6.05. The van der Waals surface area contributed by atoms with Crippen LogP contribution < -0.4 is 10.0 Å². The smallest absolute Gasteiger partial charge is 0.240 e. The Morgan fingerprint density at radius 2 is 1.76 bits per heavy atom. The summed E-state index contributed by atoms with van der Waals surface area (Å²) < 4.78 is 41.0. The lowest BCUT2D eigenvalue weighted by Gasteiger charge is -2.30. The molecule has 1 aromatic heterocycles. The van der Waals surface area contributed by atoms with E-state index < -0.39 is 15.8 Å². The van der Waals surface area contributed by atoms with Crippen LogP contribution in [-0.4, -0.2) is 25.5 Å². The average molecular weight is 434 g/mol. The molecule has 152 valence electrons. The van der Waals surface area contributed by atoms with Crippen molar-refractivity contribution in [1.29, 1.82) is 0 Å². The zero-order valence-corrected chi connectivity index (χ0v) is 17.2. The minimum Gasteiger partial charge on any atom is -0.382 e. The Bertz CT molecular complexity index is 1130. The summed E-state index contributed by atoms with van der Waals surface area (Å²) in [7, 11) is -3.72. The number of pyridine rings is 1. The monoisotopic (exact) mass is 433 g/mol. The standard InChI is InChI=1S/C21H21ClFN3O2S/c22-14-4-9-19-20(10-11-24-21(19)12-14)25-16-5-7-17(8-6-16)26-29(27,28)18-3-1-2-15(23)13-18/h1-4,9-13,16-17,26H,5-8H2,(H,24,25). The summed E-state index contributed by atoms with van der Waals surface area (Å²) in [6, 6.07) is 12.7. The normalized spacial score (nSPS) is 19.9. The van der Waals surface area contributed by atoms with Crippen molar-refractivity contribution in [3.63, 3.8) is 0 Å². The van der Waals surface area contributed by atoms with E-state index >= 15 is 0 Å². The fourth-order valence-electron chi connectivity index (χ4n) is 3.74. The van der Waals surface area contributed by atoms with Gasteiger partial charge in [0.05, 0.1) is 10.4 Å². The van der Waals surface area contributed by atoms with Crippen molar-refractivity contribution < 1.29 is 12.8 Å². The van der Waals surface area contributed by atoms with Crippen molar-refractivity contribution in [2.45, 2.75) is 42.7 Å². The zero-order valence-electron chi connectivity index (χ0n) is 15.6. The van der Waals surface area contributed by atoms with Crippen LogP contribution in [0.3, 0.4) is 0 Å². The lowest BCUT2D eigenvalue weighted by atomic mass is 9.91. The highest BCUT2D eigenvalue weighted by molar-refractivity contribution is 7.89. The molecule has 8 heteroatoms.